The maximum Gasteiger partial charge on any atom is 0 e. The molecule has 0 spiro atoms. The summed E-state index contributed by atoms with van der Waals surface area (Å²) in [5.41, 5.74) is 0. The zero-order valence-corrected chi connectivity index (χ0v) is 3.71. The molecule has 0 radical (unpaired) electrons. The van der Waals surface area contributed by atoms with E-state index < -0.39 is 0 Å². The van der Waals surface area contributed by atoms with E-state index in [1.165, 1.54) is 4.97 Å². The minimum Gasteiger partial charge on any atom is 0 e. The average molecular weight is 181 g/mol. The Kier molecular flexibility index (Phi) is 51.7. The summed E-state index contributed by atoms with van der Waals surface area (Å²) in [7, 11) is 0. The zero-order valence-electron chi connectivity index (χ0n) is 1.62. The fourth-order valence-corrected chi connectivity index (χ4v) is 0. The van der Waals surface area contributed by atoms with E-state index in [-0.39, 0.29) is 67.9 Å². The van der Waals surface area contributed by atoms with Crippen LogP contribution in [0.5, 0.6) is 0 Å². The Morgan fingerprint density at radius 2 is 1.60 bits per heavy atom. The van der Waals surface area contributed by atoms with Gasteiger partial charge in [0.25, 0.3) is 0 Å². The molecule has 0 aliphatic heterocycles. The molecule has 0 N–H and O–H groups in total. The number of rotatable bonds is 0. The predicted octanol–water partition coefficient (Wildman–Crippen LogP) is -0.637. The molecule has 1 nitrogen and oxygen atoms in total. The van der Waals surface area contributed by atoms with Crippen molar-refractivity contribution >= 4 is 51.4 Å². The van der Waals surface area contributed by atoms with Crippen molar-refractivity contribution in [2.24, 2.45) is 0 Å². The topological polar surface area (TPSA) is 23.8 Å². The fourth-order valence-electron chi connectivity index (χ4n) is 0. The molecule has 0 unspecified atom stereocenters. The number of nitrogens with zero attached hydrogens (tertiary/aromatic N) is 1. The van der Waals surface area contributed by atoms with Gasteiger partial charge in [-0.3, -0.25) is 0 Å². The molecule has 4 heteroatoms. The first-order valence-electron chi connectivity index (χ1n) is 0.400. The number of nitriles is 1. The standard InChI is InChI=1S/CN.Fe.K.Ni.H/c1-2;;;;. The molecular formula is CHFeKNNi. The Morgan fingerprint density at radius 3 is 1.60 bits per heavy atom. The van der Waals surface area contributed by atoms with E-state index in [0.717, 1.165) is 0 Å². The van der Waals surface area contributed by atoms with Gasteiger partial charge in [-0.05, 0) is 0 Å². The van der Waals surface area contributed by atoms with Crippen molar-refractivity contribution in [1.82, 2.24) is 0 Å². The molecule has 29 valence electrons. The minimum absolute atomic E-state index is 0. The van der Waals surface area contributed by atoms with Crippen LogP contribution in [0.1, 0.15) is 0 Å². The van der Waals surface area contributed by atoms with Crippen molar-refractivity contribution in [2.45, 2.75) is 0 Å². The van der Waals surface area contributed by atoms with Crippen molar-refractivity contribution in [3.05, 3.63) is 0 Å². The fraction of sp³-hybridized carbons (Fsp3) is 0. The molecule has 0 aliphatic carbocycles. The zero-order chi connectivity index (χ0) is 2.71. The van der Waals surface area contributed by atoms with Gasteiger partial charge in [0.1, 0.15) is 0 Å². The van der Waals surface area contributed by atoms with Crippen LogP contribution in [0.2, 0.25) is 0 Å². The third kappa shape index (κ3) is 23.0. The van der Waals surface area contributed by atoms with E-state index in [0.29, 0.717) is 0 Å². The molecule has 0 atom stereocenters. The maximum atomic E-state index is 7.21. The molecule has 0 fully saturated rings. The van der Waals surface area contributed by atoms with Gasteiger partial charge >= 0.3 is 77.6 Å². The summed E-state index contributed by atoms with van der Waals surface area (Å²) in [5.74, 6) is 0. The Balaban J connectivity index is -0.0000000200. The van der Waals surface area contributed by atoms with Crippen molar-refractivity contribution in [2.75, 3.05) is 0 Å². The normalized spacial score (nSPS) is 1.60. The average Bonchev–Trinajstić information content (AvgIpc) is 0.918. The van der Waals surface area contributed by atoms with Crippen molar-refractivity contribution in [3.8, 4) is 4.97 Å². The SMILES string of the molecule is N#[C][Fe].[KH].[Ni]. The van der Waals surface area contributed by atoms with Gasteiger partial charge in [-0.1, -0.05) is 0 Å². The summed E-state index contributed by atoms with van der Waals surface area (Å²) in [6, 6.07) is 0. The number of hydrogen-bond donors (Lipinski definition) is 0. The summed E-state index contributed by atoms with van der Waals surface area (Å²) in [6.07, 6.45) is 0. The van der Waals surface area contributed by atoms with Gasteiger partial charge in [-0.15, -0.1) is 0 Å². The van der Waals surface area contributed by atoms with Gasteiger partial charge in [0.05, 0.1) is 0 Å². The van der Waals surface area contributed by atoms with Crippen LogP contribution in [0.3, 0.4) is 0 Å². The second-order valence-corrected chi connectivity index (χ2v) is 0.326. The molecule has 0 aromatic heterocycles. The second-order valence-electron chi connectivity index (χ2n) is 0.0791. The van der Waals surface area contributed by atoms with Crippen molar-refractivity contribution < 1.29 is 32.5 Å². The van der Waals surface area contributed by atoms with E-state index in [4.69, 9.17) is 5.26 Å². The molecule has 0 aromatic rings. The van der Waals surface area contributed by atoms with Crippen LogP contribution in [0, 0.1) is 10.2 Å². The van der Waals surface area contributed by atoms with Gasteiger partial charge < -0.3 is 0 Å². The summed E-state index contributed by atoms with van der Waals surface area (Å²) >= 11 is 2.79. The quantitative estimate of drug-likeness (QED) is 0.456. The molecule has 0 aliphatic rings. The Labute approximate surface area is 92.0 Å². The van der Waals surface area contributed by atoms with Gasteiger partial charge in [-0.25, -0.2) is 0 Å². The third-order valence-electron chi connectivity index (χ3n) is 0. The molecule has 0 rings (SSSR count). The van der Waals surface area contributed by atoms with E-state index in [2.05, 4.69) is 16.0 Å². The Morgan fingerprint density at radius 1 is 1.60 bits per heavy atom. The van der Waals surface area contributed by atoms with Crippen LogP contribution in [0.25, 0.3) is 0 Å². The molecule has 0 saturated heterocycles. The summed E-state index contributed by atoms with van der Waals surface area (Å²) in [6.45, 7) is 0. The predicted molar refractivity (Wildman–Crippen MR) is 12.8 cm³/mol. The first-order valence-corrected chi connectivity index (χ1v) is 0.952. The largest absolute Gasteiger partial charge is 0 e. The first-order chi connectivity index (χ1) is 1.41. The van der Waals surface area contributed by atoms with E-state index >= 15 is 0 Å². The molecule has 0 bridgehead atoms. The number of hydrogen-bond acceptors (Lipinski definition) is 1. The van der Waals surface area contributed by atoms with Gasteiger partial charge in [-0.2, -0.15) is 0 Å². The minimum atomic E-state index is 0. The molecule has 5 heavy (non-hydrogen) atoms. The first kappa shape index (κ1) is 15.7. The van der Waals surface area contributed by atoms with Crippen LogP contribution < -0.4 is 0 Å². The summed E-state index contributed by atoms with van der Waals surface area (Å²) in [5, 5.41) is 7.21. The van der Waals surface area contributed by atoms with Gasteiger partial charge in [0, 0.05) is 16.5 Å². The van der Waals surface area contributed by atoms with E-state index in [1.807, 2.05) is 0 Å². The smallest absolute Gasteiger partial charge is 0 e. The molecule has 0 aromatic carbocycles. The Hall–Kier alpha value is 2.14. The second kappa shape index (κ2) is 16.5. The molecule has 0 heterocycles. The van der Waals surface area contributed by atoms with Gasteiger partial charge in [0.15, 0.2) is 0 Å². The maximum absolute atomic E-state index is 7.21. The van der Waals surface area contributed by atoms with Gasteiger partial charge in [0.2, 0.25) is 0 Å². The molecular weight excluding hydrogens is 180 g/mol. The summed E-state index contributed by atoms with van der Waals surface area (Å²) in [4.78, 5) is 1.50. The van der Waals surface area contributed by atoms with E-state index in [9.17, 15) is 0 Å². The van der Waals surface area contributed by atoms with Crippen LogP contribution in [-0.2, 0) is 32.5 Å². The van der Waals surface area contributed by atoms with Crippen LogP contribution in [0.15, 0.2) is 0 Å². The molecule has 0 amide bonds. The van der Waals surface area contributed by atoms with Crippen LogP contribution >= 0.6 is 0 Å². The monoisotopic (exact) mass is 180 g/mol. The van der Waals surface area contributed by atoms with Crippen LogP contribution in [0.4, 0.5) is 0 Å². The molecule has 0 saturated carbocycles. The summed E-state index contributed by atoms with van der Waals surface area (Å²) < 4.78 is 0. The van der Waals surface area contributed by atoms with Crippen LogP contribution in [-0.4, -0.2) is 51.4 Å². The third-order valence-corrected chi connectivity index (χ3v) is 0. The van der Waals surface area contributed by atoms with Crippen molar-refractivity contribution in [1.29, 1.82) is 5.26 Å². The van der Waals surface area contributed by atoms with Crippen molar-refractivity contribution in [3.63, 3.8) is 0 Å². The Bertz CT molecular complexity index is 33.1. The van der Waals surface area contributed by atoms with E-state index in [1.54, 1.807) is 0 Å².